The Morgan fingerprint density at radius 3 is 1.79 bits per heavy atom. The molecule has 0 unspecified atom stereocenters. The maximum atomic E-state index is 2.80. The third-order valence-corrected chi connectivity index (χ3v) is 20.6. The molecule has 0 spiro atoms. The van der Waals surface area contributed by atoms with Crippen LogP contribution in [-0.2, 0) is 32.5 Å². The first-order valence-electron chi connectivity index (χ1n) is 26.7. The second-order valence-electron chi connectivity index (χ2n) is 27.2. The number of rotatable bonds is 1. The van der Waals surface area contributed by atoms with Gasteiger partial charge in [0.1, 0.15) is 0 Å². The minimum Gasteiger partial charge on any atom is -0.376 e. The van der Waals surface area contributed by atoms with Crippen molar-refractivity contribution in [3.05, 3.63) is 148 Å². The predicted molar refractivity (Wildman–Crippen MR) is 317 cm³/mol. The summed E-state index contributed by atoms with van der Waals surface area (Å²) in [7, 11) is 0. The summed E-state index contributed by atoms with van der Waals surface area (Å²) >= 11 is 4.03. The Morgan fingerprint density at radius 2 is 1.11 bits per heavy atom. The van der Waals surface area contributed by atoms with Crippen molar-refractivity contribution in [3.8, 4) is 27.9 Å². The van der Waals surface area contributed by atoms with Gasteiger partial charge in [-0.15, -0.1) is 22.7 Å². The number of fused-ring (bicyclic) bond motifs is 19. The van der Waals surface area contributed by atoms with E-state index in [0.717, 1.165) is 0 Å². The summed E-state index contributed by atoms with van der Waals surface area (Å²) in [4.78, 5) is 2.80. The molecule has 0 fully saturated rings. The van der Waals surface area contributed by atoms with Crippen molar-refractivity contribution >= 4 is 103 Å². The molecule has 72 heavy (non-hydrogen) atoms. The van der Waals surface area contributed by atoms with Gasteiger partial charge < -0.3 is 9.38 Å². The zero-order valence-corrected chi connectivity index (χ0v) is 46.7. The molecule has 5 heterocycles. The fourth-order valence-electron chi connectivity index (χ4n) is 14.0. The molecule has 0 saturated heterocycles. The molecule has 4 aliphatic rings. The van der Waals surface area contributed by atoms with E-state index in [1.165, 1.54) is 153 Å². The Morgan fingerprint density at radius 1 is 0.514 bits per heavy atom. The summed E-state index contributed by atoms with van der Waals surface area (Å²) in [5.74, 6) is 0. The minimum atomic E-state index is -0.246. The molecule has 3 aromatic heterocycles. The Balaban J connectivity index is 1.21. The summed E-state index contributed by atoms with van der Waals surface area (Å²) in [5.41, 5.74) is 23.8. The van der Waals surface area contributed by atoms with E-state index in [1.807, 2.05) is 22.7 Å². The van der Waals surface area contributed by atoms with Crippen LogP contribution in [0.25, 0.3) is 80.0 Å². The summed E-state index contributed by atoms with van der Waals surface area (Å²) in [6.45, 7) is 36.1. The molecule has 5 heteroatoms. The van der Waals surface area contributed by atoms with Gasteiger partial charge in [-0.05, 0) is 162 Å². The van der Waals surface area contributed by atoms with Gasteiger partial charge in [0.05, 0.1) is 16.7 Å². The Bertz CT molecular complexity index is 4070. The molecule has 7 aromatic carbocycles. The third-order valence-electron chi connectivity index (χ3n) is 18.3. The third kappa shape index (κ3) is 5.84. The van der Waals surface area contributed by atoms with E-state index in [1.54, 1.807) is 0 Å². The average molecular weight is 975 g/mol. The van der Waals surface area contributed by atoms with Crippen molar-refractivity contribution in [3.63, 3.8) is 0 Å². The second kappa shape index (κ2) is 14.0. The van der Waals surface area contributed by atoms with Gasteiger partial charge in [-0.25, -0.2) is 0 Å². The van der Waals surface area contributed by atoms with Gasteiger partial charge in [0.2, 0.25) is 0 Å². The fraction of sp³-hybridized carbons (Fsp3) is 0.343. The highest BCUT2D eigenvalue weighted by Crippen LogP contribution is 2.61. The summed E-state index contributed by atoms with van der Waals surface area (Å²) < 4.78 is 8.32. The molecule has 2 aliphatic heterocycles. The van der Waals surface area contributed by atoms with Gasteiger partial charge in [-0.1, -0.05) is 152 Å². The summed E-state index contributed by atoms with van der Waals surface area (Å²) in [6.07, 6.45) is 2.41. The lowest BCUT2D eigenvalue weighted by Gasteiger charge is -2.42. The monoisotopic (exact) mass is 974 g/mol. The summed E-state index contributed by atoms with van der Waals surface area (Å²) in [5, 5.41) is 6.94. The van der Waals surface area contributed by atoms with Crippen LogP contribution in [0.2, 0.25) is 0 Å². The zero-order chi connectivity index (χ0) is 50.3. The molecule has 0 atom stereocenters. The number of benzene rings is 7. The molecule has 0 bridgehead atoms. The van der Waals surface area contributed by atoms with Crippen molar-refractivity contribution in [2.75, 3.05) is 4.81 Å². The normalized spacial score (nSPS) is 17.3. The molecule has 0 N–H and O–H groups in total. The number of thiophene rings is 2. The topological polar surface area (TPSA) is 8.17 Å². The highest BCUT2D eigenvalue weighted by Gasteiger charge is 2.51. The molecule has 14 rings (SSSR count). The molecular weight excluding hydrogens is 908 g/mol. The van der Waals surface area contributed by atoms with Gasteiger partial charge in [-0.3, -0.25) is 0 Å². The largest absolute Gasteiger partial charge is 0.376 e. The van der Waals surface area contributed by atoms with Crippen LogP contribution >= 0.6 is 22.7 Å². The number of anilines is 2. The van der Waals surface area contributed by atoms with Gasteiger partial charge >= 0.3 is 6.85 Å². The molecular formula is C67H67BN2S2. The van der Waals surface area contributed by atoms with Crippen molar-refractivity contribution in [2.45, 2.75) is 149 Å². The SMILES string of the molecule is CC(C)(C)c1ccc(N2B3c4sc5ccc(C(C)(C)C)cc5c4-n4c5ccc(C(C)(C)C)cc5c5c6c(c(c3c54)-c3cc4sc5cc7c(cc5c4cc32)C(C)(C)CCC7(C)C)-c2ccccc2C6(C)C)cc1. The van der Waals surface area contributed by atoms with E-state index in [2.05, 4.69) is 222 Å². The van der Waals surface area contributed by atoms with E-state index in [4.69, 9.17) is 0 Å². The fourth-order valence-corrected chi connectivity index (χ4v) is 16.4. The molecule has 2 aliphatic carbocycles. The maximum Gasteiger partial charge on any atom is 0.343 e. The van der Waals surface area contributed by atoms with Gasteiger partial charge in [0.15, 0.2) is 0 Å². The van der Waals surface area contributed by atoms with E-state index in [9.17, 15) is 0 Å². The molecule has 10 aromatic rings. The predicted octanol–water partition coefficient (Wildman–Crippen LogP) is 18.2. The molecule has 0 saturated carbocycles. The second-order valence-corrected chi connectivity index (χ2v) is 29.4. The average Bonchev–Trinajstić information content (AvgIpc) is 4.04. The van der Waals surface area contributed by atoms with E-state index >= 15 is 0 Å². The highest BCUT2D eigenvalue weighted by atomic mass is 32.1. The van der Waals surface area contributed by atoms with Crippen LogP contribution in [-0.4, -0.2) is 11.4 Å². The number of aromatic nitrogens is 1. The molecule has 0 amide bonds. The number of hydrogen-bond acceptors (Lipinski definition) is 3. The first kappa shape index (κ1) is 45.0. The van der Waals surface area contributed by atoms with Gasteiger partial charge in [-0.2, -0.15) is 0 Å². The summed E-state index contributed by atoms with van der Waals surface area (Å²) in [6, 6.07) is 44.5. The van der Waals surface area contributed by atoms with Crippen molar-refractivity contribution < 1.29 is 0 Å². The van der Waals surface area contributed by atoms with Crippen LogP contribution in [0, 0.1) is 0 Å². The standard InChI is InChI=1S/C67H67BN2S2/c1-62(2,3)36-20-24-39(25-21-36)70-50-33-42-41-32-47-48(66(12,13)29-28-65(47,10)11)35-53(41)71-52(42)34-44(50)55-54-40-18-16-17-19-46(40)67(14,15)57(54)56-43-30-37(63(4,5)6)22-26-49(43)69-59-45-31-38(64(7,8)9)23-27-51(45)72-61(59)68(70)58(55)60(56)69/h16-27,30-35H,28-29H2,1-15H3. The van der Waals surface area contributed by atoms with E-state index in [-0.39, 0.29) is 39.3 Å². The maximum absolute atomic E-state index is 2.80. The van der Waals surface area contributed by atoms with Crippen LogP contribution in [0.3, 0.4) is 0 Å². The van der Waals surface area contributed by atoms with Crippen molar-refractivity contribution in [1.29, 1.82) is 0 Å². The molecule has 0 radical (unpaired) electrons. The smallest absolute Gasteiger partial charge is 0.343 e. The van der Waals surface area contributed by atoms with Gasteiger partial charge in [0, 0.05) is 68.2 Å². The van der Waals surface area contributed by atoms with Crippen LogP contribution < -0.4 is 15.1 Å². The van der Waals surface area contributed by atoms with E-state index < -0.39 is 0 Å². The lowest BCUT2D eigenvalue weighted by Crippen LogP contribution is -2.59. The number of hydrogen-bond donors (Lipinski definition) is 0. The first-order chi connectivity index (χ1) is 33.8. The number of nitrogens with zero attached hydrogens (tertiary/aromatic N) is 2. The van der Waals surface area contributed by atoms with Crippen molar-refractivity contribution in [2.24, 2.45) is 0 Å². The van der Waals surface area contributed by atoms with E-state index in [0.29, 0.717) is 0 Å². The lowest BCUT2D eigenvalue weighted by atomic mass is 9.46. The quantitative estimate of drug-likeness (QED) is 0.149. The zero-order valence-electron chi connectivity index (χ0n) is 45.1. The van der Waals surface area contributed by atoms with Crippen LogP contribution in [0.4, 0.5) is 11.4 Å². The van der Waals surface area contributed by atoms with Crippen LogP contribution in [0.1, 0.15) is 156 Å². The Labute approximate surface area is 435 Å². The first-order valence-corrected chi connectivity index (χ1v) is 28.3. The molecule has 360 valence electrons. The minimum absolute atomic E-state index is 0.00142. The van der Waals surface area contributed by atoms with Crippen molar-refractivity contribution in [1.82, 2.24) is 4.57 Å². The highest BCUT2D eigenvalue weighted by molar-refractivity contribution is 7.32. The molecule has 2 nitrogen and oxygen atoms in total. The Kier molecular flexibility index (Phi) is 8.73. The Hall–Kier alpha value is -5.62. The van der Waals surface area contributed by atoms with Gasteiger partial charge in [0.25, 0.3) is 0 Å². The lowest BCUT2D eigenvalue weighted by molar-refractivity contribution is 0.332. The van der Waals surface area contributed by atoms with Crippen LogP contribution in [0.5, 0.6) is 0 Å². The van der Waals surface area contributed by atoms with Crippen LogP contribution in [0.15, 0.2) is 109 Å².